The van der Waals surface area contributed by atoms with E-state index in [2.05, 4.69) is 55.0 Å². The number of nitrogens with zero attached hydrogens (tertiary/aromatic N) is 2. The Hall–Kier alpha value is -1.06. The Morgan fingerprint density at radius 1 is 1.26 bits per heavy atom. The quantitative estimate of drug-likeness (QED) is 0.906. The van der Waals surface area contributed by atoms with Crippen molar-refractivity contribution in [2.45, 2.75) is 38.8 Å². The summed E-state index contributed by atoms with van der Waals surface area (Å²) >= 11 is 0. The van der Waals surface area contributed by atoms with Gasteiger partial charge in [0.25, 0.3) is 0 Å². The molecule has 0 aromatic heterocycles. The van der Waals surface area contributed by atoms with E-state index in [1.165, 1.54) is 17.7 Å². The highest BCUT2D eigenvalue weighted by Crippen LogP contribution is 2.24. The van der Waals surface area contributed by atoms with Gasteiger partial charge in [0.05, 0.1) is 0 Å². The van der Waals surface area contributed by atoms with Crippen LogP contribution < -0.4 is 10.6 Å². The van der Waals surface area contributed by atoms with Gasteiger partial charge < -0.3 is 15.5 Å². The molecule has 1 aromatic rings. The van der Waals surface area contributed by atoms with Gasteiger partial charge in [-0.3, -0.25) is 0 Å². The average molecular weight is 261 g/mol. The monoisotopic (exact) mass is 261 g/mol. The molecular formula is C16H27N3. The normalized spacial score (nSPS) is 25.4. The van der Waals surface area contributed by atoms with Gasteiger partial charge in [0.1, 0.15) is 0 Å². The highest BCUT2D eigenvalue weighted by atomic mass is 15.2. The fraction of sp³-hybridized carbons (Fsp3) is 0.625. The first-order valence-electron chi connectivity index (χ1n) is 7.35. The fourth-order valence-electron chi connectivity index (χ4n) is 2.86. The third-order valence-corrected chi connectivity index (χ3v) is 4.35. The number of benzene rings is 1. The van der Waals surface area contributed by atoms with Crippen molar-refractivity contribution < 1.29 is 0 Å². The fourth-order valence-corrected chi connectivity index (χ4v) is 2.86. The SMILES string of the molecule is Cc1ccc(N2CCC(C)N(C)CC2CCN)cc1. The summed E-state index contributed by atoms with van der Waals surface area (Å²) in [6.45, 7) is 7.44. The molecule has 1 saturated heterocycles. The highest BCUT2D eigenvalue weighted by molar-refractivity contribution is 5.48. The van der Waals surface area contributed by atoms with Gasteiger partial charge in [-0.2, -0.15) is 0 Å². The van der Waals surface area contributed by atoms with Crippen LogP contribution in [0.2, 0.25) is 0 Å². The molecule has 2 rings (SSSR count). The van der Waals surface area contributed by atoms with Gasteiger partial charge in [0.2, 0.25) is 0 Å². The van der Waals surface area contributed by atoms with Crippen LogP contribution in [-0.2, 0) is 0 Å². The molecule has 19 heavy (non-hydrogen) atoms. The van der Waals surface area contributed by atoms with Crippen LogP contribution in [0.15, 0.2) is 24.3 Å². The Kier molecular flexibility index (Phi) is 4.83. The summed E-state index contributed by atoms with van der Waals surface area (Å²) in [5, 5.41) is 0. The van der Waals surface area contributed by atoms with Gasteiger partial charge in [-0.25, -0.2) is 0 Å². The molecule has 1 fully saturated rings. The first kappa shape index (κ1) is 14.4. The maximum absolute atomic E-state index is 5.81. The van der Waals surface area contributed by atoms with E-state index in [1.807, 2.05) is 0 Å². The summed E-state index contributed by atoms with van der Waals surface area (Å²) in [5.41, 5.74) is 8.47. The van der Waals surface area contributed by atoms with Crippen molar-refractivity contribution in [1.82, 2.24) is 4.90 Å². The van der Waals surface area contributed by atoms with E-state index in [4.69, 9.17) is 5.73 Å². The maximum Gasteiger partial charge on any atom is 0.0429 e. The second-order valence-electron chi connectivity index (χ2n) is 5.84. The summed E-state index contributed by atoms with van der Waals surface area (Å²) in [7, 11) is 2.23. The minimum absolute atomic E-state index is 0.530. The Bertz CT molecular complexity index is 387. The number of hydrogen-bond acceptors (Lipinski definition) is 3. The molecule has 1 aliphatic heterocycles. The minimum Gasteiger partial charge on any atom is -0.367 e. The molecule has 0 radical (unpaired) electrons. The second-order valence-corrected chi connectivity index (χ2v) is 5.84. The second kappa shape index (κ2) is 6.40. The molecule has 2 atom stereocenters. The lowest BCUT2D eigenvalue weighted by atomic mass is 10.1. The van der Waals surface area contributed by atoms with E-state index >= 15 is 0 Å². The molecule has 1 aromatic carbocycles. The molecular weight excluding hydrogens is 234 g/mol. The zero-order valence-electron chi connectivity index (χ0n) is 12.5. The first-order chi connectivity index (χ1) is 9.11. The number of nitrogens with two attached hydrogens (primary N) is 1. The molecule has 2 unspecified atom stereocenters. The molecule has 0 spiro atoms. The third kappa shape index (κ3) is 3.48. The number of hydrogen-bond donors (Lipinski definition) is 1. The average Bonchev–Trinajstić information content (AvgIpc) is 2.52. The van der Waals surface area contributed by atoms with Crippen molar-refractivity contribution in [1.29, 1.82) is 0 Å². The minimum atomic E-state index is 0.530. The summed E-state index contributed by atoms with van der Waals surface area (Å²) < 4.78 is 0. The molecule has 0 aliphatic carbocycles. The number of rotatable bonds is 3. The van der Waals surface area contributed by atoms with E-state index in [-0.39, 0.29) is 0 Å². The van der Waals surface area contributed by atoms with Gasteiger partial charge in [0, 0.05) is 30.9 Å². The lowest BCUT2D eigenvalue weighted by Crippen LogP contribution is -2.42. The van der Waals surface area contributed by atoms with Crippen LogP contribution in [0.1, 0.15) is 25.3 Å². The van der Waals surface area contributed by atoms with Gasteiger partial charge >= 0.3 is 0 Å². The third-order valence-electron chi connectivity index (χ3n) is 4.35. The predicted octanol–water partition coefficient (Wildman–Crippen LogP) is 2.24. The van der Waals surface area contributed by atoms with Crippen LogP contribution in [0, 0.1) is 6.92 Å². The summed E-state index contributed by atoms with van der Waals surface area (Å²) in [4.78, 5) is 5.01. The highest BCUT2D eigenvalue weighted by Gasteiger charge is 2.26. The summed E-state index contributed by atoms with van der Waals surface area (Å²) in [5.74, 6) is 0. The van der Waals surface area contributed by atoms with E-state index in [9.17, 15) is 0 Å². The van der Waals surface area contributed by atoms with Gasteiger partial charge in [0.15, 0.2) is 0 Å². The van der Waals surface area contributed by atoms with Crippen LogP contribution in [0.25, 0.3) is 0 Å². The molecule has 3 nitrogen and oxygen atoms in total. The Labute approximate surface area is 117 Å². The van der Waals surface area contributed by atoms with Crippen molar-refractivity contribution in [3.8, 4) is 0 Å². The topological polar surface area (TPSA) is 32.5 Å². The van der Waals surface area contributed by atoms with Crippen LogP contribution in [0.3, 0.4) is 0 Å². The van der Waals surface area contributed by atoms with Crippen LogP contribution in [0.4, 0.5) is 5.69 Å². The molecule has 0 amide bonds. The molecule has 3 heteroatoms. The van der Waals surface area contributed by atoms with Crippen LogP contribution in [0.5, 0.6) is 0 Å². The Morgan fingerprint density at radius 2 is 1.95 bits per heavy atom. The summed E-state index contributed by atoms with van der Waals surface area (Å²) in [6.07, 6.45) is 2.27. The van der Waals surface area contributed by atoms with Crippen molar-refractivity contribution in [3.05, 3.63) is 29.8 Å². The van der Waals surface area contributed by atoms with Crippen molar-refractivity contribution in [2.24, 2.45) is 5.73 Å². The van der Waals surface area contributed by atoms with E-state index in [1.54, 1.807) is 0 Å². The van der Waals surface area contributed by atoms with Gasteiger partial charge in [-0.1, -0.05) is 17.7 Å². The largest absolute Gasteiger partial charge is 0.367 e. The summed E-state index contributed by atoms with van der Waals surface area (Å²) in [6, 6.07) is 10.1. The van der Waals surface area contributed by atoms with Gasteiger partial charge in [-0.15, -0.1) is 0 Å². The number of aryl methyl sites for hydroxylation is 1. The first-order valence-corrected chi connectivity index (χ1v) is 7.35. The zero-order valence-corrected chi connectivity index (χ0v) is 12.5. The molecule has 0 bridgehead atoms. The smallest absolute Gasteiger partial charge is 0.0429 e. The van der Waals surface area contributed by atoms with Crippen LogP contribution >= 0.6 is 0 Å². The number of likely N-dealkylation sites (N-methyl/N-ethyl adjacent to an activating group) is 1. The number of anilines is 1. The standard InChI is InChI=1S/C16H27N3/c1-13-4-6-15(7-5-13)19-11-9-14(2)18(3)12-16(19)8-10-17/h4-7,14,16H,8-12,17H2,1-3H3. The maximum atomic E-state index is 5.81. The molecule has 0 saturated carbocycles. The van der Waals surface area contributed by atoms with Gasteiger partial charge in [-0.05, 0) is 52.4 Å². The molecule has 1 aliphatic rings. The van der Waals surface area contributed by atoms with E-state index in [0.717, 1.165) is 26.1 Å². The predicted molar refractivity (Wildman–Crippen MR) is 82.7 cm³/mol. The lowest BCUT2D eigenvalue weighted by Gasteiger charge is -2.33. The van der Waals surface area contributed by atoms with Crippen LogP contribution in [-0.4, -0.2) is 43.7 Å². The lowest BCUT2D eigenvalue weighted by molar-refractivity contribution is 0.253. The zero-order chi connectivity index (χ0) is 13.8. The Morgan fingerprint density at radius 3 is 2.58 bits per heavy atom. The van der Waals surface area contributed by atoms with E-state index in [0.29, 0.717) is 12.1 Å². The Balaban J connectivity index is 2.21. The molecule has 1 heterocycles. The van der Waals surface area contributed by atoms with Crippen molar-refractivity contribution in [3.63, 3.8) is 0 Å². The molecule has 2 N–H and O–H groups in total. The van der Waals surface area contributed by atoms with Crippen molar-refractivity contribution in [2.75, 3.05) is 31.6 Å². The van der Waals surface area contributed by atoms with E-state index < -0.39 is 0 Å². The van der Waals surface area contributed by atoms with Crippen molar-refractivity contribution >= 4 is 5.69 Å². The molecule has 106 valence electrons.